The molecule has 0 bridgehead atoms. The van der Waals surface area contributed by atoms with E-state index in [9.17, 15) is 4.79 Å². The number of amides is 1. The monoisotopic (exact) mass is 221 g/mol. The Balaban J connectivity index is 2.49. The van der Waals surface area contributed by atoms with Crippen LogP contribution < -0.4 is 11.1 Å². The molecule has 1 rings (SSSR count). The molecule has 0 atom stereocenters. The molecule has 16 heavy (non-hydrogen) atoms. The van der Waals surface area contributed by atoms with Gasteiger partial charge in [0.25, 0.3) is 0 Å². The molecule has 0 fully saturated rings. The molecule has 1 amide bonds. The van der Waals surface area contributed by atoms with Gasteiger partial charge in [0.1, 0.15) is 0 Å². The number of pyridine rings is 1. The van der Waals surface area contributed by atoms with Crippen LogP contribution in [0.15, 0.2) is 12.1 Å². The first kappa shape index (κ1) is 12.6. The highest BCUT2D eigenvalue weighted by atomic mass is 16.1. The van der Waals surface area contributed by atoms with Gasteiger partial charge in [0.2, 0.25) is 5.91 Å². The molecule has 0 aliphatic rings. The number of carbonyl (C=O) groups excluding carboxylic acids is 1. The van der Waals surface area contributed by atoms with Gasteiger partial charge in [-0.2, -0.15) is 0 Å². The summed E-state index contributed by atoms with van der Waals surface area (Å²) >= 11 is 0. The zero-order chi connectivity index (χ0) is 12.0. The molecule has 1 heterocycles. The lowest BCUT2D eigenvalue weighted by Gasteiger charge is -2.08. The van der Waals surface area contributed by atoms with Gasteiger partial charge in [-0.1, -0.05) is 0 Å². The molecule has 4 nitrogen and oxygen atoms in total. The molecular formula is C12H19N3O. The Bertz CT molecular complexity index is 363. The number of nitrogens with two attached hydrogens (primary N) is 1. The van der Waals surface area contributed by atoms with Crippen LogP contribution >= 0.6 is 0 Å². The van der Waals surface area contributed by atoms with Crippen LogP contribution in [-0.4, -0.2) is 17.4 Å². The third kappa shape index (κ3) is 3.98. The Hall–Kier alpha value is -1.42. The van der Waals surface area contributed by atoms with E-state index in [-0.39, 0.29) is 5.91 Å². The largest absolute Gasteiger partial charge is 0.330 e. The summed E-state index contributed by atoms with van der Waals surface area (Å²) < 4.78 is 0. The van der Waals surface area contributed by atoms with E-state index in [0.717, 1.165) is 29.9 Å². The lowest BCUT2D eigenvalue weighted by Crippen LogP contribution is -2.13. The number of hydrogen-bond acceptors (Lipinski definition) is 3. The minimum atomic E-state index is 0.0298. The summed E-state index contributed by atoms with van der Waals surface area (Å²) in [4.78, 5) is 15.8. The molecule has 0 saturated heterocycles. The smallest absolute Gasteiger partial charge is 0.224 e. The van der Waals surface area contributed by atoms with Crippen LogP contribution in [0.4, 0.5) is 5.69 Å². The molecule has 0 aliphatic heterocycles. The van der Waals surface area contributed by atoms with Gasteiger partial charge in [-0.15, -0.1) is 0 Å². The second-order valence-corrected chi connectivity index (χ2v) is 3.88. The van der Waals surface area contributed by atoms with Gasteiger partial charge in [-0.05, 0) is 45.4 Å². The van der Waals surface area contributed by atoms with Gasteiger partial charge in [0.15, 0.2) is 0 Å². The van der Waals surface area contributed by atoms with Gasteiger partial charge < -0.3 is 11.1 Å². The predicted octanol–water partition coefficient (Wildman–Crippen LogP) is 1.77. The first-order valence-corrected chi connectivity index (χ1v) is 5.57. The average Bonchev–Trinajstić information content (AvgIpc) is 2.23. The molecule has 1 aromatic rings. The van der Waals surface area contributed by atoms with Crippen molar-refractivity contribution in [1.82, 2.24) is 4.98 Å². The van der Waals surface area contributed by atoms with Crippen LogP contribution in [0.2, 0.25) is 0 Å². The summed E-state index contributed by atoms with van der Waals surface area (Å²) in [6.45, 7) is 4.46. The van der Waals surface area contributed by atoms with Crippen LogP contribution in [0, 0.1) is 13.8 Å². The first-order chi connectivity index (χ1) is 7.63. The van der Waals surface area contributed by atoms with E-state index in [1.807, 2.05) is 26.0 Å². The van der Waals surface area contributed by atoms with Crippen LogP contribution in [-0.2, 0) is 4.79 Å². The van der Waals surface area contributed by atoms with Crippen molar-refractivity contribution < 1.29 is 4.79 Å². The Kier molecular flexibility index (Phi) is 4.92. The molecule has 1 aromatic heterocycles. The Morgan fingerprint density at radius 3 is 2.75 bits per heavy atom. The number of carbonyl (C=O) groups is 1. The van der Waals surface area contributed by atoms with Gasteiger partial charge in [0, 0.05) is 12.1 Å². The lowest BCUT2D eigenvalue weighted by atomic mass is 10.2. The highest BCUT2D eigenvalue weighted by Crippen LogP contribution is 2.13. The van der Waals surface area contributed by atoms with Gasteiger partial charge in [-0.25, -0.2) is 0 Å². The van der Waals surface area contributed by atoms with E-state index < -0.39 is 0 Å². The molecule has 0 unspecified atom stereocenters. The number of aryl methyl sites for hydroxylation is 2. The summed E-state index contributed by atoms with van der Waals surface area (Å²) in [5, 5.41) is 2.85. The van der Waals surface area contributed by atoms with Crippen LogP contribution in [0.5, 0.6) is 0 Å². The van der Waals surface area contributed by atoms with E-state index in [0.29, 0.717) is 13.0 Å². The maximum Gasteiger partial charge on any atom is 0.224 e. The molecule has 3 N–H and O–H groups in total. The number of rotatable bonds is 5. The minimum absolute atomic E-state index is 0.0298. The summed E-state index contributed by atoms with van der Waals surface area (Å²) in [5.41, 5.74) is 7.97. The van der Waals surface area contributed by atoms with Crippen molar-refractivity contribution in [1.29, 1.82) is 0 Å². The fraction of sp³-hybridized carbons (Fsp3) is 0.500. The molecule has 4 heteroatoms. The zero-order valence-electron chi connectivity index (χ0n) is 9.92. The van der Waals surface area contributed by atoms with Crippen LogP contribution in [0.25, 0.3) is 0 Å². The van der Waals surface area contributed by atoms with Crippen molar-refractivity contribution in [3.8, 4) is 0 Å². The highest BCUT2D eigenvalue weighted by Gasteiger charge is 2.04. The van der Waals surface area contributed by atoms with Crippen molar-refractivity contribution in [3.05, 3.63) is 23.5 Å². The predicted molar refractivity (Wildman–Crippen MR) is 65.2 cm³/mol. The number of hydrogen-bond donors (Lipinski definition) is 2. The molecule has 0 spiro atoms. The van der Waals surface area contributed by atoms with Crippen molar-refractivity contribution in [2.24, 2.45) is 5.73 Å². The second kappa shape index (κ2) is 6.23. The quantitative estimate of drug-likeness (QED) is 0.744. The normalized spacial score (nSPS) is 10.2. The van der Waals surface area contributed by atoms with E-state index >= 15 is 0 Å². The fourth-order valence-electron chi connectivity index (χ4n) is 1.46. The molecular weight excluding hydrogens is 202 g/mol. The van der Waals surface area contributed by atoms with Gasteiger partial charge in [-0.3, -0.25) is 9.78 Å². The first-order valence-electron chi connectivity index (χ1n) is 5.57. The molecule has 0 aliphatic carbocycles. The lowest BCUT2D eigenvalue weighted by molar-refractivity contribution is -0.116. The average molecular weight is 221 g/mol. The zero-order valence-corrected chi connectivity index (χ0v) is 9.92. The third-order valence-electron chi connectivity index (χ3n) is 2.36. The van der Waals surface area contributed by atoms with Crippen molar-refractivity contribution in [3.63, 3.8) is 0 Å². The SMILES string of the molecule is Cc1ccc(NC(=O)CCCCN)c(C)n1. The highest BCUT2D eigenvalue weighted by molar-refractivity contribution is 5.91. The number of aromatic nitrogens is 1. The maximum atomic E-state index is 11.5. The molecule has 0 saturated carbocycles. The molecule has 0 radical (unpaired) electrons. The van der Waals surface area contributed by atoms with Crippen LogP contribution in [0.3, 0.4) is 0 Å². The standard InChI is InChI=1S/C12H19N3O/c1-9-6-7-11(10(2)14-9)15-12(16)5-3-4-8-13/h6-7H,3-5,8,13H2,1-2H3,(H,15,16). The maximum absolute atomic E-state index is 11.5. The number of anilines is 1. The Labute approximate surface area is 96.3 Å². The van der Waals surface area contributed by atoms with Crippen molar-refractivity contribution in [2.45, 2.75) is 33.1 Å². The van der Waals surface area contributed by atoms with E-state index in [4.69, 9.17) is 5.73 Å². The van der Waals surface area contributed by atoms with E-state index in [1.54, 1.807) is 0 Å². The van der Waals surface area contributed by atoms with E-state index in [1.165, 1.54) is 0 Å². The molecule has 0 aromatic carbocycles. The second-order valence-electron chi connectivity index (χ2n) is 3.88. The minimum Gasteiger partial charge on any atom is -0.330 e. The summed E-state index contributed by atoms with van der Waals surface area (Å²) in [6, 6.07) is 3.78. The summed E-state index contributed by atoms with van der Waals surface area (Å²) in [7, 11) is 0. The fourth-order valence-corrected chi connectivity index (χ4v) is 1.46. The van der Waals surface area contributed by atoms with Gasteiger partial charge >= 0.3 is 0 Å². The van der Waals surface area contributed by atoms with Crippen molar-refractivity contribution >= 4 is 11.6 Å². The number of unbranched alkanes of at least 4 members (excludes halogenated alkanes) is 1. The van der Waals surface area contributed by atoms with Crippen molar-refractivity contribution in [2.75, 3.05) is 11.9 Å². The summed E-state index contributed by atoms with van der Waals surface area (Å²) in [5.74, 6) is 0.0298. The number of nitrogens with zero attached hydrogens (tertiary/aromatic N) is 1. The van der Waals surface area contributed by atoms with Crippen LogP contribution in [0.1, 0.15) is 30.7 Å². The Morgan fingerprint density at radius 2 is 2.12 bits per heavy atom. The third-order valence-corrected chi connectivity index (χ3v) is 2.36. The number of nitrogens with one attached hydrogen (secondary N) is 1. The molecule has 88 valence electrons. The topological polar surface area (TPSA) is 68.0 Å². The summed E-state index contributed by atoms with van der Waals surface area (Å²) in [6.07, 6.45) is 2.24. The van der Waals surface area contributed by atoms with E-state index in [2.05, 4.69) is 10.3 Å². The Morgan fingerprint density at radius 1 is 1.38 bits per heavy atom. The van der Waals surface area contributed by atoms with Gasteiger partial charge in [0.05, 0.1) is 11.4 Å².